The molecule has 14 heavy (non-hydrogen) atoms. The second kappa shape index (κ2) is 5.55. The molecule has 1 N–H and O–H groups in total. The molecular formula is C13H27N. The minimum atomic E-state index is 0.233. The maximum atomic E-state index is 3.97. The van der Waals surface area contributed by atoms with E-state index in [2.05, 4.69) is 53.4 Å². The summed E-state index contributed by atoms with van der Waals surface area (Å²) in [6.07, 6.45) is 1.15. The Bertz CT molecular complexity index is 176. The van der Waals surface area contributed by atoms with Crippen LogP contribution in [-0.2, 0) is 0 Å². The average molecular weight is 197 g/mol. The molecule has 0 amide bonds. The van der Waals surface area contributed by atoms with Crippen molar-refractivity contribution in [2.75, 3.05) is 6.54 Å². The summed E-state index contributed by atoms with van der Waals surface area (Å²) in [4.78, 5) is 0. The second-order valence-corrected chi connectivity index (χ2v) is 5.75. The first-order chi connectivity index (χ1) is 6.22. The third-order valence-corrected chi connectivity index (χ3v) is 2.60. The first kappa shape index (κ1) is 13.7. The van der Waals surface area contributed by atoms with Crippen molar-refractivity contribution in [2.24, 2.45) is 11.8 Å². The molecule has 0 saturated carbocycles. The molecule has 84 valence electrons. The highest BCUT2D eigenvalue weighted by molar-refractivity contribution is 4.90. The second-order valence-electron chi connectivity index (χ2n) is 5.75. The molecule has 0 heterocycles. The number of hydrogen-bond acceptors (Lipinski definition) is 1. The molecule has 0 radical (unpaired) electrons. The number of allylic oxidation sites excluding steroid dienone is 1. The maximum Gasteiger partial charge on any atom is 0.00966 e. The Balaban J connectivity index is 3.84. The third kappa shape index (κ3) is 7.14. The van der Waals surface area contributed by atoms with E-state index < -0.39 is 0 Å². The fourth-order valence-electron chi connectivity index (χ4n) is 1.42. The molecule has 0 bridgehead atoms. The van der Waals surface area contributed by atoms with Crippen LogP contribution in [-0.4, -0.2) is 12.1 Å². The van der Waals surface area contributed by atoms with Crippen LogP contribution in [0.1, 0.15) is 48.0 Å². The maximum absolute atomic E-state index is 3.97. The average Bonchev–Trinajstić information content (AvgIpc) is 1.97. The molecule has 0 aliphatic rings. The van der Waals surface area contributed by atoms with Gasteiger partial charge in [-0.2, -0.15) is 0 Å². The van der Waals surface area contributed by atoms with Crippen LogP contribution in [0.2, 0.25) is 0 Å². The van der Waals surface area contributed by atoms with E-state index in [0.717, 1.165) is 18.9 Å². The van der Waals surface area contributed by atoms with Crippen molar-refractivity contribution in [3.63, 3.8) is 0 Å². The van der Waals surface area contributed by atoms with Gasteiger partial charge in [-0.05, 0) is 52.5 Å². The zero-order valence-electron chi connectivity index (χ0n) is 10.8. The molecule has 0 aliphatic heterocycles. The largest absolute Gasteiger partial charge is 0.312 e. The summed E-state index contributed by atoms with van der Waals surface area (Å²) in [5.41, 5.74) is 1.53. The van der Waals surface area contributed by atoms with Gasteiger partial charge in [-0.3, -0.25) is 0 Å². The van der Waals surface area contributed by atoms with Crippen molar-refractivity contribution >= 4 is 0 Å². The Hall–Kier alpha value is -0.300. The zero-order chi connectivity index (χ0) is 11.4. The SMILES string of the molecule is C=C(C)CC(C)C(C)CNC(C)(C)C. The predicted octanol–water partition coefficient (Wildman–Crippen LogP) is 3.61. The fraction of sp³-hybridized carbons (Fsp3) is 0.846. The highest BCUT2D eigenvalue weighted by atomic mass is 14.9. The van der Waals surface area contributed by atoms with Crippen LogP contribution < -0.4 is 5.32 Å². The number of hydrogen-bond donors (Lipinski definition) is 1. The Morgan fingerprint density at radius 2 is 1.71 bits per heavy atom. The molecule has 0 aromatic rings. The van der Waals surface area contributed by atoms with E-state index in [4.69, 9.17) is 0 Å². The van der Waals surface area contributed by atoms with Crippen molar-refractivity contribution in [1.82, 2.24) is 5.32 Å². The molecule has 0 saturated heterocycles. The van der Waals surface area contributed by atoms with E-state index in [1.165, 1.54) is 5.57 Å². The summed E-state index contributed by atoms with van der Waals surface area (Å²) < 4.78 is 0. The minimum Gasteiger partial charge on any atom is -0.312 e. The van der Waals surface area contributed by atoms with Crippen molar-refractivity contribution in [3.8, 4) is 0 Å². The smallest absolute Gasteiger partial charge is 0.00966 e. The van der Waals surface area contributed by atoms with Gasteiger partial charge in [0.1, 0.15) is 0 Å². The molecule has 0 spiro atoms. The molecule has 0 aromatic carbocycles. The Kier molecular flexibility index (Phi) is 5.43. The third-order valence-electron chi connectivity index (χ3n) is 2.60. The normalized spacial score (nSPS) is 16.4. The Morgan fingerprint density at radius 3 is 2.07 bits per heavy atom. The topological polar surface area (TPSA) is 12.0 Å². The van der Waals surface area contributed by atoms with Crippen LogP contribution >= 0.6 is 0 Å². The van der Waals surface area contributed by atoms with Crippen LogP contribution in [0.4, 0.5) is 0 Å². The van der Waals surface area contributed by atoms with Crippen molar-refractivity contribution < 1.29 is 0 Å². The van der Waals surface area contributed by atoms with E-state index in [1.807, 2.05) is 0 Å². The molecule has 1 heteroatoms. The van der Waals surface area contributed by atoms with Gasteiger partial charge in [-0.25, -0.2) is 0 Å². The van der Waals surface area contributed by atoms with Crippen molar-refractivity contribution in [3.05, 3.63) is 12.2 Å². The summed E-state index contributed by atoms with van der Waals surface area (Å²) in [5.74, 6) is 1.44. The summed E-state index contributed by atoms with van der Waals surface area (Å²) >= 11 is 0. The Morgan fingerprint density at radius 1 is 1.21 bits per heavy atom. The quantitative estimate of drug-likeness (QED) is 0.664. The van der Waals surface area contributed by atoms with E-state index in [9.17, 15) is 0 Å². The Labute approximate surface area is 90.0 Å². The van der Waals surface area contributed by atoms with Gasteiger partial charge in [0.25, 0.3) is 0 Å². The molecular weight excluding hydrogens is 170 g/mol. The van der Waals surface area contributed by atoms with Gasteiger partial charge in [0.05, 0.1) is 0 Å². The predicted molar refractivity (Wildman–Crippen MR) is 65.5 cm³/mol. The standard InChI is InChI=1S/C13H27N/c1-10(2)8-11(3)12(4)9-14-13(5,6)7/h11-12,14H,1,8-9H2,2-7H3. The zero-order valence-corrected chi connectivity index (χ0v) is 10.8. The highest BCUT2D eigenvalue weighted by Gasteiger charge is 2.15. The van der Waals surface area contributed by atoms with E-state index >= 15 is 0 Å². The molecule has 0 aromatic heterocycles. The lowest BCUT2D eigenvalue weighted by Crippen LogP contribution is -2.39. The fourth-order valence-corrected chi connectivity index (χ4v) is 1.42. The number of nitrogens with one attached hydrogen (secondary N) is 1. The van der Waals surface area contributed by atoms with Crippen molar-refractivity contribution in [2.45, 2.75) is 53.5 Å². The van der Waals surface area contributed by atoms with Gasteiger partial charge in [0.15, 0.2) is 0 Å². The van der Waals surface area contributed by atoms with Gasteiger partial charge < -0.3 is 5.32 Å². The summed E-state index contributed by atoms with van der Waals surface area (Å²) in [6.45, 7) is 18.4. The van der Waals surface area contributed by atoms with Crippen LogP contribution in [0.5, 0.6) is 0 Å². The van der Waals surface area contributed by atoms with Crippen LogP contribution in [0.25, 0.3) is 0 Å². The summed E-state index contributed by atoms with van der Waals surface area (Å²) in [7, 11) is 0. The first-order valence-corrected chi connectivity index (χ1v) is 5.62. The molecule has 1 nitrogen and oxygen atoms in total. The van der Waals surface area contributed by atoms with Gasteiger partial charge in [0.2, 0.25) is 0 Å². The van der Waals surface area contributed by atoms with Crippen LogP contribution in [0.15, 0.2) is 12.2 Å². The first-order valence-electron chi connectivity index (χ1n) is 5.62. The van der Waals surface area contributed by atoms with E-state index in [-0.39, 0.29) is 5.54 Å². The summed E-state index contributed by atoms with van der Waals surface area (Å²) in [6, 6.07) is 0. The van der Waals surface area contributed by atoms with E-state index in [0.29, 0.717) is 5.92 Å². The van der Waals surface area contributed by atoms with Crippen molar-refractivity contribution in [1.29, 1.82) is 0 Å². The monoisotopic (exact) mass is 197 g/mol. The number of rotatable bonds is 5. The molecule has 2 unspecified atom stereocenters. The lowest BCUT2D eigenvalue weighted by Gasteiger charge is -2.26. The van der Waals surface area contributed by atoms with Gasteiger partial charge in [-0.15, -0.1) is 6.58 Å². The van der Waals surface area contributed by atoms with Crippen LogP contribution in [0.3, 0.4) is 0 Å². The summed E-state index contributed by atoms with van der Waals surface area (Å²) in [5, 5.41) is 3.55. The molecule has 0 rings (SSSR count). The van der Waals surface area contributed by atoms with Gasteiger partial charge in [0, 0.05) is 5.54 Å². The molecule has 2 atom stereocenters. The van der Waals surface area contributed by atoms with E-state index in [1.54, 1.807) is 0 Å². The van der Waals surface area contributed by atoms with Gasteiger partial charge >= 0.3 is 0 Å². The van der Waals surface area contributed by atoms with Crippen LogP contribution in [0, 0.1) is 11.8 Å². The molecule has 0 aliphatic carbocycles. The minimum absolute atomic E-state index is 0.233. The molecule has 0 fully saturated rings. The lowest BCUT2D eigenvalue weighted by molar-refractivity contribution is 0.317. The lowest BCUT2D eigenvalue weighted by atomic mass is 9.90. The van der Waals surface area contributed by atoms with Gasteiger partial charge in [-0.1, -0.05) is 19.4 Å². The highest BCUT2D eigenvalue weighted by Crippen LogP contribution is 2.18.